The zero-order valence-electron chi connectivity index (χ0n) is 12.7. The molecule has 1 saturated carbocycles. The van der Waals surface area contributed by atoms with E-state index in [0.717, 1.165) is 24.9 Å². The van der Waals surface area contributed by atoms with Crippen LogP contribution >= 0.6 is 0 Å². The topological polar surface area (TPSA) is 75.4 Å². The summed E-state index contributed by atoms with van der Waals surface area (Å²) >= 11 is 0. The molecule has 0 spiro atoms. The Balaban J connectivity index is 1.60. The first-order chi connectivity index (χ1) is 10.7. The lowest BCUT2D eigenvalue weighted by Crippen LogP contribution is -2.42. The average Bonchev–Trinajstić information content (AvgIpc) is 3.14. The number of anilines is 1. The van der Waals surface area contributed by atoms with Gasteiger partial charge >= 0.3 is 0 Å². The fourth-order valence-electron chi connectivity index (χ4n) is 3.63. The molecule has 118 valence electrons. The van der Waals surface area contributed by atoms with Crippen LogP contribution in [0.2, 0.25) is 0 Å². The minimum Gasteiger partial charge on any atom is -0.351 e. The van der Waals surface area contributed by atoms with E-state index in [4.69, 9.17) is 5.73 Å². The fraction of sp³-hybridized carbons (Fsp3) is 0.529. The summed E-state index contributed by atoms with van der Waals surface area (Å²) in [6.45, 7) is 1.12. The van der Waals surface area contributed by atoms with E-state index in [1.807, 2.05) is 30.3 Å². The molecule has 1 heterocycles. The van der Waals surface area contributed by atoms with E-state index in [-0.39, 0.29) is 23.8 Å². The number of benzene rings is 1. The van der Waals surface area contributed by atoms with E-state index >= 15 is 0 Å². The number of nitrogens with zero attached hydrogens (tertiary/aromatic N) is 1. The van der Waals surface area contributed by atoms with Crippen LogP contribution in [0.1, 0.15) is 25.7 Å². The number of carbonyl (C=O) groups excluding carboxylic acids is 2. The van der Waals surface area contributed by atoms with Gasteiger partial charge in [0.2, 0.25) is 11.8 Å². The van der Waals surface area contributed by atoms with Crippen molar-refractivity contribution in [3.8, 4) is 0 Å². The van der Waals surface area contributed by atoms with Gasteiger partial charge in [-0.25, -0.2) is 0 Å². The molecule has 5 heteroatoms. The number of amides is 2. The Labute approximate surface area is 130 Å². The SMILES string of the molecule is NC[C@H]1CCC[C@H]1C(=O)NC1CC(=O)N(c2ccccc2)C1. The van der Waals surface area contributed by atoms with Gasteiger partial charge in [0.1, 0.15) is 0 Å². The second-order valence-corrected chi connectivity index (χ2v) is 6.28. The summed E-state index contributed by atoms with van der Waals surface area (Å²) in [4.78, 5) is 26.3. The molecule has 0 aromatic heterocycles. The lowest BCUT2D eigenvalue weighted by Gasteiger charge is -2.21. The van der Waals surface area contributed by atoms with Crippen molar-refractivity contribution >= 4 is 17.5 Å². The summed E-state index contributed by atoms with van der Waals surface area (Å²) in [5.41, 5.74) is 6.64. The third-order valence-electron chi connectivity index (χ3n) is 4.84. The molecule has 22 heavy (non-hydrogen) atoms. The number of para-hydroxylation sites is 1. The van der Waals surface area contributed by atoms with E-state index in [0.29, 0.717) is 25.4 Å². The highest BCUT2D eigenvalue weighted by molar-refractivity contribution is 5.96. The van der Waals surface area contributed by atoms with Gasteiger partial charge in [0.15, 0.2) is 0 Å². The van der Waals surface area contributed by atoms with Gasteiger partial charge in [-0.2, -0.15) is 0 Å². The lowest BCUT2D eigenvalue weighted by molar-refractivity contribution is -0.126. The number of carbonyl (C=O) groups is 2. The van der Waals surface area contributed by atoms with Crippen molar-refractivity contribution in [2.75, 3.05) is 18.0 Å². The number of hydrogen-bond acceptors (Lipinski definition) is 3. The first kappa shape index (κ1) is 15.0. The Hall–Kier alpha value is -1.88. The standard InChI is InChI=1S/C17H23N3O2/c18-10-12-5-4-8-15(12)17(22)19-13-9-16(21)20(11-13)14-6-2-1-3-7-14/h1-3,6-7,12-13,15H,4-5,8-11,18H2,(H,19,22)/t12-,13?,15-/m1/s1. The van der Waals surface area contributed by atoms with Crippen LogP contribution < -0.4 is 16.0 Å². The molecule has 3 N–H and O–H groups in total. The van der Waals surface area contributed by atoms with Gasteiger partial charge in [0, 0.05) is 24.6 Å². The summed E-state index contributed by atoms with van der Waals surface area (Å²) in [5, 5.41) is 3.06. The molecule has 2 fully saturated rings. The first-order valence-corrected chi connectivity index (χ1v) is 8.05. The molecule has 0 bridgehead atoms. The molecule has 2 aliphatic rings. The highest BCUT2D eigenvalue weighted by Gasteiger charge is 2.36. The molecular weight excluding hydrogens is 278 g/mol. The van der Waals surface area contributed by atoms with Gasteiger partial charge in [-0.1, -0.05) is 24.6 Å². The van der Waals surface area contributed by atoms with Crippen molar-refractivity contribution in [2.45, 2.75) is 31.7 Å². The predicted molar refractivity (Wildman–Crippen MR) is 85.2 cm³/mol. The third kappa shape index (κ3) is 2.99. The number of rotatable bonds is 4. The molecule has 1 aliphatic carbocycles. The average molecular weight is 301 g/mol. The Morgan fingerprint density at radius 3 is 2.77 bits per heavy atom. The summed E-state index contributed by atoms with van der Waals surface area (Å²) in [7, 11) is 0. The second-order valence-electron chi connectivity index (χ2n) is 6.28. The highest BCUT2D eigenvalue weighted by atomic mass is 16.2. The van der Waals surface area contributed by atoms with E-state index in [1.54, 1.807) is 4.90 Å². The van der Waals surface area contributed by atoms with Gasteiger partial charge in [0.05, 0.1) is 6.04 Å². The monoisotopic (exact) mass is 301 g/mol. The molecule has 1 aromatic carbocycles. The van der Waals surface area contributed by atoms with Crippen molar-refractivity contribution in [1.29, 1.82) is 0 Å². The van der Waals surface area contributed by atoms with Gasteiger partial charge < -0.3 is 16.0 Å². The van der Waals surface area contributed by atoms with Crippen LogP contribution in [-0.2, 0) is 9.59 Å². The van der Waals surface area contributed by atoms with Gasteiger partial charge in [-0.15, -0.1) is 0 Å². The van der Waals surface area contributed by atoms with Crippen molar-refractivity contribution in [2.24, 2.45) is 17.6 Å². The Kier molecular flexibility index (Phi) is 4.43. The fourth-order valence-corrected chi connectivity index (χ4v) is 3.63. The third-order valence-corrected chi connectivity index (χ3v) is 4.84. The van der Waals surface area contributed by atoms with Crippen molar-refractivity contribution in [3.05, 3.63) is 30.3 Å². The summed E-state index contributed by atoms with van der Waals surface area (Å²) in [5.74, 6) is 0.451. The largest absolute Gasteiger partial charge is 0.351 e. The molecule has 3 atom stereocenters. The van der Waals surface area contributed by atoms with E-state index in [2.05, 4.69) is 5.32 Å². The zero-order valence-corrected chi connectivity index (χ0v) is 12.7. The summed E-state index contributed by atoms with van der Waals surface area (Å²) < 4.78 is 0. The van der Waals surface area contributed by atoms with Gasteiger partial charge in [0.25, 0.3) is 0 Å². The maximum Gasteiger partial charge on any atom is 0.229 e. The maximum atomic E-state index is 12.4. The van der Waals surface area contributed by atoms with Crippen molar-refractivity contribution < 1.29 is 9.59 Å². The number of nitrogens with two attached hydrogens (primary N) is 1. The van der Waals surface area contributed by atoms with Crippen molar-refractivity contribution in [3.63, 3.8) is 0 Å². The minimum atomic E-state index is -0.0979. The summed E-state index contributed by atoms with van der Waals surface area (Å²) in [6.07, 6.45) is 3.39. The Morgan fingerprint density at radius 2 is 2.05 bits per heavy atom. The molecule has 0 radical (unpaired) electrons. The van der Waals surface area contributed by atoms with Crippen LogP contribution in [-0.4, -0.2) is 30.9 Å². The van der Waals surface area contributed by atoms with E-state index < -0.39 is 0 Å². The smallest absolute Gasteiger partial charge is 0.229 e. The highest BCUT2D eigenvalue weighted by Crippen LogP contribution is 2.31. The minimum absolute atomic E-state index is 0.0193. The van der Waals surface area contributed by atoms with Crippen LogP contribution in [0.25, 0.3) is 0 Å². The predicted octanol–water partition coefficient (Wildman–Crippen LogP) is 1.28. The molecular formula is C17H23N3O2. The van der Waals surface area contributed by atoms with Crippen LogP contribution in [0, 0.1) is 11.8 Å². The second kappa shape index (κ2) is 6.48. The van der Waals surface area contributed by atoms with Crippen LogP contribution in [0.5, 0.6) is 0 Å². The molecule has 5 nitrogen and oxygen atoms in total. The molecule has 1 aromatic rings. The molecule has 2 amide bonds. The zero-order chi connectivity index (χ0) is 15.5. The van der Waals surface area contributed by atoms with Crippen molar-refractivity contribution in [1.82, 2.24) is 5.32 Å². The molecule has 3 rings (SSSR count). The number of nitrogens with one attached hydrogen (secondary N) is 1. The van der Waals surface area contributed by atoms with Gasteiger partial charge in [-0.05, 0) is 37.4 Å². The quantitative estimate of drug-likeness (QED) is 0.880. The van der Waals surface area contributed by atoms with Crippen LogP contribution in [0.3, 0.4) is 0 Å². The first-order valence-electron chi connectivity index (χ1n) is 8.05. The van der Waals surface area contributed by atoms with Crippen LogP contribution in [0.4, 0.5) is 5.69 Å². The van der Waals surface area contributed by atoms with Crippen LogP contribution in [0.15, 0.2) is 30.3 Å². The number of hydrogen-bond donors (Lipinski definition) is 2. The maximum absolute atomic E-state index is 12.4. The molecule has 1 aliphatic heterocycles. The normalized spacial score (nSPS) is 28.1. The van der Waals surface area contributed by atoms with E-state index in [1.165, 1.54) is 0 Å². The Bertz CT molecular complexity index is 546. The molecule has 1 saturated heterocycles. The summed E-state index contributed by atoms with van der Waals surface area (Å²) in [6, 6.07) is 9.50. The Morgan fingerprint density at radius 1 is 1.27 bits per heavy atom. The molecule has 1 unspecified atom stereocenters. The van der Waals surface area contributed by atoms with E-state index in [9.17, 15) is 9.59 Å². The van der Waals surface area contributed by atoms with Gasteiger partial charge in [-0.3, -0.25) is 9.59 Å². The lowest BCUT2D eigenvalue weighted by atomic mass is 9.95.